The van der Waals surface area contributed by atoms with Gasteiger partial charge in [0.1, 0.15) is 5.60 Å². The second-order valence-electron chi connectivity index (χ2n) is 4.47. The summed E-state index contributed by atoms with van der Waals surface area (Å²) in [5, 5.41) is 56.3. The summed E-state index contributed by atoms with van der Waals surface area (Å²) in [6.07, 6.45) is -0.756. The first kappa shape index (κ1) is 17.5. The Morgan fingerprint density at radius 2 is 1.78 bits per heavy atom. The third kappa shape index (κ3) is 5.90. The van der Waals surface area contributed by atoms with Crippen molar-refractivity contribution in [2.75, 3.05) is 13.2 Å². The average Bonchev–Trinajstić information content (AvgIpc) is 2.33. The van der Waals surface area contributed by atoms with E-state index in [0.29, 0.717) is 6.42 Å². The molecular weight excluding hydrogens is 240 g/mol. The predicted molar refractivity (Wildman–Crippen MR) is 65.8 cm³/mol. The van der Waals surface area contributed by atoms with E-state index in [-0.39, 0.29) is 26.1 Å². The van der Waals surface area contributed by atoms with E-state index in [1.54, 1.807) is 0 Å². The Morgan fingerprint density at radius 3 is 2.22 bits per heavy atom. The Balaban J connectivity index is 4.75. The topological polar surface area (TPSA) is 121 Å². The molecule has 6 nitrogen and oxygen atoms in total. The Hall–Kier alpha value is -0.500. The SMILES string of the molecule is CC(O)C(O)CC(O)(C=CCO)C(O)CCCO. The lowest BCUT2D eigenvalue weighted by Gasteiger charge is -2.33. The van der Waals surface area contributed by atoms with E-state index >= 15 is 0 Å². The molecule has 0 aromatic rings. The van der Waals surface area contributed by atoms with Crippen molar-refractivity contribution in [1.29, 1.82) is 0 Å². The third-order valence-electron chi connectivity index (χ3n) is 2.82. The highest BCUT2D eigenvalue weighted by molar-refractivity contribution is 5.06. The van der Waals surface area contributed by atoms with E-state index in [0.717, 1.165) is 0 Å². The first-order chi connectivity index (χ1) is 8.37. The second kappa shape index (κ2) is 8.58. The molecule has 0 bridgehead atoms. The number of aliphatic hydroxyl groups excluding tert-OH is 5. The average molecular weight is 264 g/mol. The Labute approximate surface area is 107 Å². The van der Waals surface area contributed by atoms with Crippen LogP contribution in [0, 0.1) is 0 Å². The van der Waals surface area contributed by atoms with Crippen LogP contribution in [0.15, 0.2) is 12.2 Å². The molecule has 0 aliphatic rings. The lowest BCUT2D eigenvalue weighted by Crippen LogP contribution is -2.45. The summed E-state index contributed by atoms with van der Waals surface area (Å²) in [6.45, 7) is 0.955. The minimum Gasteiger partial charge on any atom is -0.396 e. The molecule has 4 unspecified atom stereocenters. The minimum atomic E-state index is -1.74. The molecular formula is C12H24O6. The van der Waals surface area contributed by atoms with Crippen LogP contribution in [0.25, 0.3) is 0 Å². The highest BCUT2D eigenvalue weighted by atomic mass is 16.4. The van der Waals surface area contributed by atoms with Crippen molar-refractivity contribution in [1.82, 2.24) is 0 Å². The molecule has 0 saturated carbocycles. The maximum atomic E-state index is 10.3. The van der Waals surface area contributed by atoms with Gasteiger partial charge in [-0.3, -0.25) is 0 Å². The van der Waals surface area contributed by atoms with Gasteiger partial charge in [0, 0.05) is 13.0 Å². The number of aliphatic hydroxyl groups is 6. The Bertz CT molecular complexity index is 243. The van der Waals surface area contributed by atoms with E-state index in [4.69, 9.17) is 10.2 Å². The van der Waals surface area contributed by atoms with Gasteiger partial charge in [0.25, 0.3) is 0 Å². The lowest BCUT2D eigenvalue weighted by molar-refractivity contribution is -0.0890. The predicted octanol–water partition coefficient (Wildman–Crippen LogP) is -1.47. The van der Waals surface area contributed by atoms with Crippen LogP contribution in [0.5, 0.6) is 0 Å². The van der Waals surface area contributed by atoms with Crippen molar-refractivity contribution in [3.05, 3.63) is 12.2 Å². The quantitative estimate of drug-likeness (QED) is 0.283. The number of hydrogen-bond donors (Lipinski definition) is 6. The molecule has 0 spiro atoms. The molecule has 0 saturated heterocycles. The molecule has 4 atom stereocenters. The molecule has 0 radical (unpaired) electrons. The van der Waals surface area contributed by atoms with E-state index in [1.807, 2.05) is 0 Å². The van der Waals surface area contributed by atoms with Crippen LogP contribution in [-0.2, 0) is 0 Å². The van der Waals surface area contributed by atoms with Crippen LogP contribution in [0.4, 0.5) is 0 Å². The van der Waals surface area contributed by atoms with Gasteiger partial charge < -0.3 is 30.6 Å². The normalized spacial score (nSPS) is 20.6. The van der Waals surface area contributed by atoms with Gasteiger partial charge >= 0.3 is 0 Å². The first-order valence-corrected chi connectivity index (χ1v) is 6.03. The summed E-state index contributed by atoms with van der Waals surface area (Å²) >= 11 is 0. The zero-order valence-corrected chi connectivity index (χ0v) is 10.6. The fourth-order valence-electron chi connectivity index (χ4n) is 1.61. The summed E-state index contributed by atoms with van der Waals surface area (Å²) in [4.78, 5) is 0. The van der Waals surface area contributed by atoms with Gasteiger partial charge in [0.15, 0.2) is 0 Å². The van der Waals surface area contributed by atoms with Crippen molar-refractivity contribution in [2.45, 2.75) is 50.1 Å². The van der Waals surface area contributed by atoms with E-state index < -0.39 is 23.9 Å². The summed E-state index contributed by atoms with van der Waals surface area (Å²) < 4.78 is 0. The molecule has 0 aliphatic heterocycles. The lowest BCUT2D eigenvalue weighted by atomic mass is 9.86. The van der Waals surface area contributed by atoms with Gasteiger partial charge in [-0.2, -0.15) is 0 Å². The van der Waals surface area contributed by atoms with Gasteiger partial charge in [-0.25, -0.2) is 0 Å². The largest absolute Gasteiger partial charge is 0.396 e. The molecule has 6 N–H and O–H groups in total. The van der Waals surface area contributed by atoms with Gasteiger partial charge in [-0.15, -0.1) is 0 Å². The molecule has 18 heavy (non-hydrogen) atoms. The standard InChI is InChI=1S/C12H24O6/c1-9(15)10(16)8-12(18,5-3-7-14)11(17)4-2-6-13/h3,5,9-11,13-18H,2,4,6-8H2,1H3. The fraction of sp³-hybridized carbons (Fsp3) is 0.833. The van der Waals surface area contributed by atoms with Crippen LogP contribution in [0.3, 0.4) is 0 Å². The van der Waals surface area contributed by atoms with Gasteiger partial charge in [0.05, 0.1) is 24.9 Å². The molecule has 0 aromatic carbocycles. The van der Waals surface area contributed by atoms with Crippen LogP contribution < -0.4 is 0 Å². The second-order valence-corrected chi connectivity index (χ2v) is 4.47. The van der Waals surface area contributed by atoms with E-state index in [1.165, 1.54) is 19.1 Å². The summed E-state index contributed by atoms with van der Waals surface area (Å²) in [6, 6.07) is 0. The molecule has 0 amide bonds. The van der Waals surface area contributed by atoms with Crippen molar-refractivity contribution >= 4 is 0 Å². The van der Waals surface area contributed by atoms with Gasteiger partial charge in [-0.1, -0.05) is 12.2 Å². The fourth-order valence-corrected chi connectivity index (χ4v) is 1.61. The first-order valence-electron chi connectivity index (χ1n) is 6.03. The minimum absolute atomic E-state index is 0.115. The van der Waals surface area contributed by atoms with Crippen molar-refractivity contribution < 1.29 is 30.6 Å². The van der Waals surface area contributed by atoms with E-state index in [9.17, 15) is 20.4 Å². The smallest absolute Gasteiger partial charge is 0.111 e. The zero-order valence-electron chi connectivity index (χ0n) is 10.6. The summed E-state index contributed by atoms with van der Waals surface area (Å²) in [5.41, 5.74) is -1.74. The van der Waals surface area contributed by atoms with Crippen LogP contribution in [0.1, 0.15) is 26.2 Å². The zero-order chi connectivity index (χ0) is 14.2. The van der Waals surface area contributed by atoms with Gasteiger partial charge in [-0.05, 0) is 19.8 Å². The molecule has 108 valence electrons. The van der Waals surface area contributed by atoms with Crippen molar-refractivity contribution in [2.24, 2.45) is 0 Å². The maximum Gasteiger partial charge on any atom is 0.111 e. The van der Waals surface area contributed by atoms with Crippen LogP contribution >= 0.6 is 0 Å². The van der Waals surface area contributed by atoms with Crippen LogP contribution in [-0.4, -0.2) is 67.8 Å². The Morgan fingerprint density at radius 1 is 1.17 bits per heavy atom. The Kier molecular flexibility index (Phi) is 8.34. The molecule has 0 aliphatic carbocycles. The van der Waals surface area contributed by atoms with Crippen molar-refractivity contribution in [3.63, 3.8) is 0 Å². The molecule has 0 aromatic heterocycles. The molecule has 0 rings (SSSR count). The summed E-state index contributed by atoms with van der Waals surface area (Å²) in [5.74, 6) is 0. The highest BCUT2D eigenvalue weighted by Crippen LogP contribution is 2.24. The number of hydrogen-bond acceptors (Lipinski definition) is 6. The summed E-state index contributed by atoms with van der Waals surface area (Å²) in [7, 11) is 0. The van der Waals surface area contributed by atoms with Crippen molar-refractivity contribution in [3.8, 4) is 0 Å². The van der Waals surface area contributed by atoms with Crippen LogP contribution in [0.2, 0.25) is 0 Å². The third-order valence-corrected chi connectivity index (χ3v) is 2.82. The van der Waals surface area contributed by atoms with E-state index in [2.05, 4.69) is 0 Å². The maximum absolute atomic E-state index is 10.3. The molecule has 0 fully saturated rings. The molecule has 0 heterocycles. The van der Waals surface area contributed by atoms with Gasteiger partial charge in [0.2, 0.25) is 0 Å². The highest BCUT2D eigenvalue weighted by Gasteiger charge is 2.35. The monoisotopic (exact) mass is 264 g/mol. The number of rotatable bonds is 9. The molecule has 6 heteroatoms.